The van der Waals surface area contributed by atoms with Crippen molar-refractivity contribution in [3.8, 4) is 11.1 Å². The summed E-state index contributed by atoms with van der Waals surface area (Å²) < 4.78 is 1.35. The summed E-state index contributed by atoms with van der Waals surface area (Å²) in [6.07, 6.45) is 0. The van der Waals surface area contributed by atoms with Crippen molar-refractivity contribution in [1.29, 1.82) is 0 Å². The molecule has 1 unspecified atom stereocenters. The summed E-state index contributed by atoms with van der Waals surface area (Å²) in [5, 5.41) is 4.10. The molecule has 0 bridgehead atoms. The zero-order valence-electron chi connectivity index (χ0n) is 11.4. The van der Waals surface area contributed by atoms with Gasteiger partial charge >= 0.3 is 134 Å². The molecule has 1 aliphatic heterocycles. The first-order valence-electron chi connectivity index (χ1n) is 6.74. The normalized spacial score (nSPS) is 15.2. The monoisotopic (exact) mass is 348 g/mol. The molecular formula is C16H18AsClN2. The van der Waals surface area contributed by atoms with E-state index in [1.165, 1.54) is 21.2 Å². The van der Waals surface area contributed by atoms with Crippen molar-refractivity contribution in [2.45, 2.75) is 6.04 Å². The Bertz CT molecular complexity index is 624. The van der Waals surface area contributed by atoms with E-state index < -0.39 is 0 Å². The van der Waals surface area contributed by atoms with E-state index in [2.05, 4.69) is 34.5 Å². The van der Waals surface area contributed by atoms with E-state index in [4.69, 9.17) is 11.6 Å². The van der Waals surface area contributed by atoms with Crippen LogP contribution in [-0.4, -0.2) is 43.0 Å². The quantitative estimate of drug-likeness (QED) is 0.849. The molecule has 2 nitrogen and oxygen atoms in total. The van der Waals surface area contributed by atoms with Crippen molar-refractivity contribution < 1.29 is 0 Å². The van der Waals surface area contributed by atoms with Crippen molar-refractivity contribution in [2.24, 2.45) is 0 Å². The molecular weight excluding hydrogens is 331 g/mol. The number of nitrogens with one attached hydrogen (secondary N) is 1. The third-order valence-electron chi connectivity index (χ3n) is 3.75. The van der Waals surface area contributed by atoms with Gasteiger partial charge in [-0.15, -0.1) is 0 Å². The molecule has 1 heterocycles. The topological polar surface area (TPSA) is 15.3 Å². The van der Waals surface area contributed by atoms with Gasteiger partial charge in [-0.2, -0.15) is 0 Å². The maximum absolute atomic E-state index is 6.10. The van der Waals surface area contributed by atoms with Crippen LogP contribution in [0.2, 0.25) is 5.02 Å². The van der Waals surface area contributed by atoms with Crippen LogP contribution in [0.3, 0.4) is 0 Å². The van der Waals surface area contributed by atoms with Gasteiger partial charge < -0.3 is 0 Å². The fraction of sp³-hybridized carbons (Fsp3) is 0.250. The van der Waals surface area contributed by atoms with Crippen molar-refractivity contribution in [3.05, 3.63) is 47.5 Å². The van der Waals surface area contributed by atoms with Gasteiger partial charge in [0, 0.05) is 0 Å². The van der Waals surface area contributed by atoms with Gasteiger partial charge in [0.15, 0.2) is 0 Å². The Morgan fingerprint density at radius 1 is 1.15 bits per heavy atom. The first-order valence-corrected chi connectivity index (χ1v) is 8.33. The summed E-state index contributed by atoms with van der Waals surface area (Å²) in [5.74, 6) is 0. The van der Waals surface area contributed by atoms with E-state index in [9.17, 15) is 0 Å². The van der Waals surface area contributed by atoms with Crippen molar-refractivity contribution in [1.82, 2.24) is 5.32 Å². The van der Waals surface area contributed by atoms with Gasteiger partial charge in [0.25, 0.3) is 0 Å². The SMILES string of the molecule is CNC1CN(c2cc([AsH2])cc(-c3cccc(Cl)c3)c2)C1. The number of rotatable bonds is 3. The number of anilines is 1. The maximum atomic E-state index is 6.10. The van der Waals surface area contributed by atoms with Crippen LogP contribution in [0.5, 0.6) is 0 Å². The number of likely N-dealkylation sites (N-methyl/N-ethyl adjacent to an activating group) is 1. The predicted molar refractivity (Wildman–Crippen MR) is 90.1 cm³/mol. The molecule has 104 valence electrons. The second-order valence-corrected chi connectivity index (χ2v) is 7.05. The average Bonchev–Trinajstić information content (AvgIpc) is 2.37. The van der Waals surface area contributed by atoms with Crippen LogP contribution < -0.4 is 14.6 Å². The molecule has 1 fully saturated rings. The third kappa shape index (κ3) is 2.88. The minimum absolute atomic E-state index is 0.621. The molecule has 2 aromatic rings. The molecule has 0 saturated carbocycles. The van der Waals surface area contributed by atoms with E-state index in [0.29, 0.717) is 6.04 Å². The first-order chi connectivity index (χ1) is 9.65. The van der Waals surface area contributed by atoms with Crippen LogP contribution in [0.25, 0.3) is 11.1 Å². The molecule has 4 heteroatoms. The summed E-state index contributed by atoms with van der Waals surface area (Å²) in [5.41, 5.74) is 3.74. The van der Waals surface area contributed by atoms with Crippen molar-refractivity contribution >= 4 is 38.5 Å². The van der Waals surface area contributed by atoms with E-state index in [-0.39, 0.29) is 0 Å². The number of hydrogen-bond acceptors (Lipinski definition) is 2. The fourth-order valence-corrected chi connectivity index (χ4v) is 3.45. The molecule has 1 N–H and O–H groups in total. The second kappa shape index (κ2) is 5.81. The van der Waals surface area contributed by atoms with E-state index in [1.807, 2.05) is 25.2 Å². The predicted octanol–water partition coefficient (Wildman–Crippen LogP) is 1.67. The molecule has 0 spiro atoms. The van der Waals surface area contributed by atoms with Crippen LogP contribution in [0, 0.1) is 0 Å². The molecule has 1 atom stereocenters. The molecule has 0 aliphatic carbocycles. The van der Waals surface area contributed by atoms with Crippen LogP contribution >= 0.6 is 11.6 Å². The van der Waals surface area contributed by atoms with E-state index in [0.717, 1.165) is 18.1 Å². The molecule has 2 aromatic carbocycles. The Balaban J connectivity index is 1.91. The number of hydrogen-bond donors (Lipinski definition) is 1. The minimum atomic E-state index is 0.621. The molecule has 0 amide bonds. The van der Waals surface area contributed by atoms with Crippen molar-refractivity contribution in [3.63, 3.8) is 0 Å². The Kier molecular flexibility index (Phi) is 4.07. The summed E-state index contributed by atoms with van der Waals surface area (Å²) in [6, 6.07) is 15.5. The number of nitrogens with zero attached hydrogens (tertiary/aromatic N) is 1. The molecule has 1 saturated heterocycles. The average molecular weight is 349 g/mol. The van der Waals surface area contributed by atoms with Gasteiger partial charge in [-0.05, 0) is 0 Å². The van der Waals surface area contributed by atoms with Crippen LogP contribution in [0.1, 0.15) is 0 Å². The van der Waals surface area contributed by atoms with Crippen LogP contribution in [-0.2, 0) is 0 Å². The zero-order chi connectivity index (χ0) is 14.1. The van der Waals surface area contributed by atoms with Gasteiger partial charge in [0.05, 0.1) is 0 Å². The van der Waals surface area contributed by atoms with E-state index >= 15 is 0 Å². The molecule has 3 rings (SSSR count). The standard InChI is InChI=1S/C16H18AsClN2/c1-19-15-9-20(10-15)16-7-12(5-13(17)8-16)11-3-2-4-14(18)6-11/h2-8,15,19H,9-10,17H2,1H3. The second-order valence-electron chi connectivity index (χ2n) is 5.21. The first kappa shape index (κ1) is 14.0. The van der Waals surface area contributed by atoms with Gasteiger partial charge in [-0.25, -0.2) is 0 Å². The number of benzene rings is 2. The van der Waals surface area contributed by atoms with Gasteiger partial charge in [-0.1, -0.05) is 0 Å². The summed E-state index contributed by atoms with van der Waals surface area (Å²) >= 11 is 7.76. The molecule has 0 aromatic heterocycles. The van der Waals surface area contributed by atoms with Crippen molar-refractivity contribution in [2.75, 3.05) is 25.0 Å². The Morgan fingerprint density at radius 2 is 1.95 bits per heavy atom. The van der Waals surface area contributed by atoms with Crippen LogP contribution in [0.4, 0.5) is 5.69 Å². The summed E-state index contributed by atoms with van der Waals surface area (Å²) in [7, 11) is 2.03. The van der Waals surface area contributed by atoms with E-state index in [1.54, 1.807) is 16.9 Å². The molecule has 20 heavy (non-hydrogen) atoms. The number of halogens is 1. The fourth-order valence-electron chi connectivity index (χ4n) is 2.52. The van der Waals surface area contributed by atoms with Gasteiger partial charge in [0.1, 0.15) is 0 Å². The molecule has 1 aliphatic rings. The van der Waals surface area contributed by atoms with Gasteiger partial charge in [-0.3, -0.25) is 0 Å². The Hall–Kier alpha value is -0.952. The Morgan fingerprint density at radius 3 is 2.65 bits per heavy atom. The van der Waals surface area contributed by atoms with Gasteiger partial charge in [0.2, 0.25) is 0 Å². The summed E-state index contributed by atoms with van der Waals surface area (Å²) in [4.78, 5) is 2.41. The summed E-state index contributed by atoms with van der Waals surface area (Å²) in [6.45, 7) is 2.17. The molecule has 0 radical (unpaired) electrons. The Labute approximate surface area is 133 Å². The van der Waals surface area contributed by atoms with Crippen LogP contribution in [0.15, 0.2) is 42.5 Å². The third-order valence-corrected chi connectivity index (χ3v) is 4.69. The zero-order valence-corrected chi connectivity index (χ0v) is 14.6.